The molecule has 0 N–H and O–H groups in total. The molecule has 0 bridgehead atoms. The molecule has 0 amide bonds. The molecule has 0 aliphatic carbocycles. The van der Waals surface area contributed by atoms with Crippen LogP contribution in [0.4, 0.5) is 0 Å². The summed E-state index contributed by atoms with van der Waals surface area (Å²) in [7, 11) is 5.39. The molecule has 1 rings (SSSR count). The van der Waals surface area contributed by atoms with Crippen LogP contribution in [0, 0.1) is 0 Å². The van der Waals surface area contributed by atoms with E-state index in [1.807, 2.05) is 14.1 Å². The van der Waals surface area contributed by atoms with Crippen molar-refractivity contribution < 1.29 is 4.79 Å². The summed E-state index contributed by atoms with van der Waals surface area (Å²) >= 11 is 0. The highest BCUT2D eigenvalue weighted by Crippen LogP contribution is 1.96. The maximum Gasteiger partial charge on any atom is 0.206 e. The molecule has 0 unspecified atom stereocenters. The van der Waals surface area contributed by atoms with Crippen molar-refractivity contribution in [2.45, 2.75) is 0 Å². The predicted molar refractivity (Wildman–Crippen MR) is 48.2 cm³/mol. The summed E-state index contributed by atoms with van der Waals surface area (Å²) in [5.41, 5.74) is 0.484. The monoisotopic (exact) mass is 180 g/mol. The molecule has 0 fully saturated rings. The van der Waals surface area contributed by atoms with Crippen LogP contribution in [0.1, 0.15) is 10.5 Å². The second-order valence-corrected chi connectivity index (χ2v) is 2.89. The van der Waals surface area contributed by atoms with Gasteiger partial charge in [-0.05, 0) is 0 Å². The fourth-order valence-corrected chi connectivity index (χ4v) is 0.815. The van der Waals surface area contributed by atoms with Crippen LogP contribution < -0.4 is 0 Å². The van der Waals surface area contributed by atoms with E-state index in [9.17, 15) is 4.79 Å². The molecule has 13 heavy (non-hydrogen) atoms. The van der Waals surface area contributed by atoms with Gasteiger partial charge in [-0.2, -0.15) is 0 Å². The smallest absolute Gasteiger partial charge is 0.206 e. The summed E-state index contributed by atoms with van der Waals surface area (Å²) in [4.78, 5) is 13.2. The van der Waals surface area contributed by atoms with Crippen molar-refractivity contribution in [1.29, 1.82) is 0 Å². The predicted octanol–water partition coefficient (Wildman–Crippen LogP) is 0.0731. The van der Waals surface area contributed by atoms with Gasteiger partial charge in [0.05, 0.1) is 6.20 Å². The lowest BCUT2D eigenvalue weighted by Crippen LogP contribution is -2.06. The van der Waals surface area contributed by atoms with Crippen LogP contribution in [0.2, 0.25) is 0 Å². The highest BCUT2D eigenvalue weighted by molar-refractivity contribution is 6.02. The second-order valence-electron chi connectivity index (χ2n) is 2.89. The van der Waals surface area contributed by atoms with E-state index < -0.39 is 0 Å². The van der Waals surface area contributed by atoms with Crippen molar-refractivity contribution in [1.82, 2.24) is 19.9 Å². The van der Waals surface area contributed by atoms with Gasteiger partial charge >= 0.3 is 0 Å². The van der Waals surface area contributed by atoms with Crippen LogP contribution in [-0.2, 0) is 7.05 Å². The van der Waals surface area contributed by atoms with Gasteiger partial charge in [-0.15, -0.1) is 5.10 Å². The lowest BCUT2D eigenvalue weighted by atomic mass is 10.3. The lowest BCUT2D eigenvalue weighted by molar-refractivity contribution is 0.103. The van der Waals surface area contributed by atoms with Gasteiger partial charge in [0.1, 0.15) is 5.69 Å². The third-order valence-electron chi connectivity index (χ3n) is 1.49. The van der Waals surface area contributed by atoms with E-state index in [1.54, 1.807) is 18.1 Å². The Balaban J connectivity index is 2.75. The number of ketones is 1. The summed E-state index contributed by atoms with van der Waals surface area (Å²) in [6, 6.07) is 0. The minimum atomic E-state index is -0.0961. The highest BCUT2D eigenvalue weighted by atomic mass is 16.1. The zero-order valence-electron chi connectivity index (χ0n) is 7.93. The van der Waals surface area contributed by atoms with E-state index in [0.717, 1.165) is 0 Å². The molecule has 0 aliphatic heterocycles. The Morgan fingerprint density at radius 1 is 1.62 bits per heavy atom. The number of carbonyl (C=O) groups is 1. The molecule has 5 heteroatoms. The van der Waals surface area contributed by atoms with Crippen LogP contribution in [0.25, 0.3) is 0 Å². The van der Waals surface area contributed by atoms with Gasteiger partial charge < -0.3 is 4.90 Å². The average molecular weight is 180 g/mol. The highest BCUT2D eigenvalue weighted by Gasteiger charge is 2.06. The largest absolute Gasteiger partial charge is 0.383 e. The van der Waals surface area contributed by atoms with Gasteiger partial charge in [-0.25, -0.2) is 4.68 Å². The molecule has 0 spiro atoms. The molecule has 1 heterocycles. The first-order chi connectivity index (χ1) is 6.11. The average Bonchev–Trinajstić information content (AvgIpc) is 2.47. The van der Waals surface area contributed by atoms with E-state index in [0.29, 0.717) is 5.69 Å². The first kappa shape index (κ1) is 9.44. The second kappa shape index (κ2) is 3.84. The summed E-state index contributed by atoms with van der Waals surface area (Å²) in [6.45, 7) is 0. The van der Waals surface area contributed by atoms with Gasteiger partial charge in [0.15, 0.2) is 0 Å². The van der Waals surface area contributed by atoms with E-state index in [-0.39, 0.29) is 5.78 Å². The molecule has 1 aromatic heterocycles. The fraction of sp³-hybridized carbons (Fsp3) is 0.375. The first-order valence-corrected chi connectivity index (χ1v) is 3.85. The number of carbonyl (C=O) groups excluding carboxylic acids is 1. The molecule has 0 atom stereocenters. The number of aromatic nitrogens is 3. The number of hydrogen-bond acceptors (Lipinski definition) is 4. The Bertz CT molecular complexity index is 327. The van der Waals surface area contributed by atoms with E-state index in [1.165, 1.54) is 17.0 Å². The molecule has 1 aromatic rings. The Labute approximate surface area is 76.6 Å². The zero-order chi connectivity index (χ0) is 9.84. The van der Waals surface area contributed by atoms with Crippen LogP contribution in [0.5, 0.6) is 0 Å². The number of allylic oxidation sites excluding steroid dienone is 1. The van der Waals surface area contributed by atoms with Crippen LogP contribution in [-0.4, -0.2) is 39.8 Å². The topological polar surface area (TPSA) is 51.0 Å². The summed E-state index contributed by atoms with van der Waals surface area (Å²) in [6.07, 6.45) is 4.62. The van der Waals surface area contributed by atoms with Crippen LogP contribution in [0.3, 0.4) is 0 Å². The van der Waals surface area contributed by atoms with Crippen molar-refractivity contribution in [3.8, 4) is 0 Å². The van der Waals surface area contributed by atoms with Crippen molar-refractivity contribution in [2.24, 2.45) is 7.05 Å². The quantitative estimate of drug-likeness (QED) is 0.488. The number of aryl methyl sites for hydroxylation is 1. The zero-order valence-corrected chi connectivity index (χ0v) is 7.93. The van der Waals surface area contributed by atoms with Crippen molar-refractivity contribution in [3.05, 3.63) is 24.2 Å². The van der Waals surface area contributed by atoms with Crippen molar-refractivity contribution in [2.75, 3.05) is 14.1 Å². The summed E-state index contributed by atoms with van der Waals surface area (Å²) in [5, 5.41) is 7.28. The van der Waals surface area contributed by atoms with Gasteiger partial charge in [0.25, 0.3) is 0 Å². The molecular formula is C8H12N4O. The van der Waals surface area contributed by atoms with Crippen LogP contribution in [0.15, 0.2) is 18.5 Å². The Morgan fingerprint density at radius 2 is 2.31 bits per heavy atom. The molecular weight excluding hydrogens is 168 g/mol. The van der Waals surface area contributed by atoms with Gasteiger partial charge in [-0.1, -0.05) is 5.21 Å². The van der Waals surface area contributed by atoms with Crippen molar-refractivity contribution >= 4 is 5.78 Å². The SMILES string of the molecule is CN(C)/C=C/C(=O)c1cnnn1C. The third-order valence-corrected chi connectivity index (χ3v) is 1.49. The minimum Gasteiger partial charge on any atom is -0.383 e. The van der Waals surface area contributed by atoms with Gasteiger partial charge in [0.2, 0.25) is 5.78 Å². The molecule has 0 saturated heterocycles. The molecule has 0 aliphatic rings. The fourth-order valence-electron chi connectivity index (χ4n) is 0.815. The maximum absolute atomic E-state index is 11.4. The molecule has 0 radical (unpaired) electrons. The number of hydrogen-bond donors (Lipinski definition) is 0. The summed E-state index contributed by atoms with van der Waals surface area (Å²) in [5.74, 6) is -0.0961. The molecule has 0 saturated carbocycles. The van der Waals surface area contributed by atoms with Gasteiger partial charge in [0, 0.05) is 33.4 Å². The lowest BCUT2D eigenvalue weighted by Gasteiger charge is -2.02. The van der Waals surface area contributed by atoms with Crippen molar-refractivity contribution in [3.63, 3.8) is 0 Å². The summed E-state index contributed by atoms with van der Waals surface area (Å²) < 4.78 is 1.45. The third kappa shape index (κ3) is 2.40. The molecule has 5 nitrogen and oxygen atoms in total. The number of rotatable bonds is 3. The first-order valence-electron chi connectivity index (χ1n) is 3.85. The number of nitrogens with zero attached hydrogens (tertiary/aromatic N) is 4. The van der Waals surface area contributed by atoms with Gasteiger partial charge in [-0.3, -0.25) is 4.79 Å². The molecule has 0 aromatic carbocycles. The Morgan fingerprint density at radius 3 is 2.77 bits per heavy atom. The standard InChI is InChI=1S/C8H12N4O/c1-11(2)5-4-8(13)7-6-9-10-12(7)3/h4-6H,1-3H3/b5-4+. The minimum absolute atomic E-state index is 0.0961. The van der Waals surface area contributed by atoms with Crippen LogP contribution >= 0.6 is 0 Å². The molecule has 70 valence electrons. The Hall–Kier alpha value is -1.65. The normalized spacial score (nSPS) is 10.7. The van der Waals surface area contributed by atoms with E-state index >= 15 is 0 Å². The Kier molecular flexibility index (Phi) is 2.79. The van der Waals surface area contributed by atoms with E-state index in [2.05, 4.69) is 10.3 Å². The van der Waals surface area contributed by atoms with E-state index in [4.69, 9.17) is 0 Å². The maximum atomic E-state index is 11.4.